The molecular weight excluding hydrogens is 571 g/mol. The van der Waals surface area contributed by atoms with Crippen molar-refractivity contribution in [2.24, 2.45) is 4.99 Å². The van der Waals surface area contributed by atoms with Crippen molar-refractivity contribution >= 4 is 35.0 Å². The Morgan fingerprint density at radius 3 is 2.45 bits per heavy atom. The molecule has 2 atom stereocenters. The molecule has 0 spiro atoms. The summed E-state index contributed by atoms with van der Waals surface area (Å²) >= 11 is 13.0. The van der Waals surface area contributed by atoms with Crippen molar-refractivity contribution < 1.29 is 19.4 Å². The van der Waals surface area contributed by atoms with Crippen molar-refractivity contribution in [1.29, 1.82) is 0 Å². The average molecular weight is 604 g/mol. The van der Waals surface area contributed by atoms with E-state index in [4.69, 9.17) is 42.8 Å². The van der Waals surface area contributed by atoms with Gasteiger partial charge in [-0.05, 0) is 54.4 Å². The second-order valence-corrected chi connectivity index (χ2v) is 11.1. The summed E-state index contributed by atoms with van der Waals surface area (Å²) in [4.78, 5) is 19.4. The number of halogens is 2. The average Bonchev–Trinajstić information content (AvgIpc) is 3.37. The fraction of sp³-hybridized carbons (Fsp3) is 0.235. The minimum absolute atomic E-state index is 0.0623. The van der Waals surface area contributed by atoms with Gasteiger partial charge in [0.2, 0.25) is 5.90 Å². The van der Waals surface area contributed by atoms with Crippen molar-refractivity contribution in [3.63, 3.8) is 0 Å². The second kappa shape index (κ2) is 13.4. The summed E-state index contributed by atoms with van der Waals surface area (Å²) < 4.78 is 12.2. The maximum Gasteiger partial charge on any atom is 0.252 e. The van der Waals surface area contributed by atoms with Gasteiger partial charge in [-0.2, -0.15) is 0 Å². The first-order valence-electron chi connectivity index (χ1n) is 13.8. The van der Waals surface area contributed by atoms with Gasteiger partial charge < -0.3 is 19.9 Å². The van der Waals surface area contributed by atoms with Crippen LogP contribution in [-0.4, -0.2) is 35.7 Å². The predicted octanol–water partition coefficient (Wildman–Crippen LogP) is 6.88. The molecule has 2 N–H and O–H groups in total. The lowest BCUT2D eigenvalue weighted by atomic mass is 9.82. The van der Waals surface area contributed by atoms with Crippen LogP contribution in [0.2, 0.25) is 10.0 Å². The summed E-state index contributed by atoms with van der Waals surface area (Å²) in [6, 6.07) is 30.3. The standard InChI is InChI=1S/C34H32Cl2N2O4/c1-23-7-5-10-25(19-23)22-37-33(40)34(21-24-8-3-2-4-9-24)31(29-16-13-27(35)20-30(29)36)42-32(38-34)26-11-14-28(15-12-26)41-18-6-17-39/h2-5,7-16,19-20,31,39H,6,17-18,21-22H2,1H3,(H,37,40)/t31-,34-/m1/s1. The van der Waals surface area contributed by atoms with E-state index in [2.05, 4.69) is 5.32 Å². The number of carbonyl (C=O) groups is 1. The molecule has 0 bridgehead atoms. The monoisotopic (exact) mass is 602 g/mol. The van der Waals surface area contributed by atoms with Gasteiger partial charge in [0, 0.05) is 47.2 Å². The molecule has 0 saturated heterocycles. The number of nitrogens with one attached hydrogen (secondary N) is 1. The Morgan fingerprint density at radius 1 is 0.976 bits per heavy atom. The summed E-state index contributed by atoms with van der Waals surface area (Å²) in [5, 5.41) is 13.0. The highest BCUT2D eigenvalue weighted by Gasteiger charge is 2.53. The van der Waals surface area contributed by atoms with Crippen molar-refractivity contribution in [2.45, 2.75) is 38.0 Å². The lowest BCUT2D eigenvalue weighted by Crippen LogP contribution is -2.49. The Balaban J connectivity index is 1.56. The Labute approximate surface area is 255 Å². The summed E-state index contributed by atoms with van der Waals surface area (Å²) in [7, 11) is 0. The molecule has 0 aromatic heterocycles. The molecule has 0 radical (unpaired) electrons. The molecule has 8 heteroatoms. The lowest BCUT2D eigenvalue weighted by Gasteiger charge is -2.31. The maximum atomic E-state index is 14.4. The molecule has 5 rings (SSSR count). The number of hydrogen-bond acceptors (Lipinski definition) is 5. The third-order valence-corrected chi connectivity index (χ3v) is 7.69. The first-order chi connectivity index (χ1) is 20.4. The number of carbonyl (C=O) groups excluding carboxylic acids is 1. The van der Waals surface area contributed by atoms with E-state index in [-0.39, 0.29) is 18.9 Å². The normalized spacial score (nSPS) is 17.8. The molecule has 1 heterocycles. The van der Waals surface area contributed by atoms with Crippen molar-refractivity contribution in [1.82, 2.24) is 5.32 Å². The van der Waals surface area contributed by atoms with Gasteiger partial charge in [-0.1, -0.05) is 89.4 Å². The Morgan fingerprint density at radius 2 is 1.74 bits per heavy atom. The number of rotatable bonds is 11. The number of hydrogen-bond donors (Lipinski definition) is 2. The van der Waals surface area contributed by atoms with Crippen LogP contribution in [0.3, 0.4) is 0 Å². The number of aryl methyl sites for hydroxylation is 1. The number of benzene rings is 4. The Bertz CT molecular complexity index is 1560. The first kappa shape index (κ1) is 29.6. The van der Waals surface area contributed by atoms with Gasteiger partial charge in [-0.25, -0.2) is 4.99 Å². The molecule has 0 fully saturated rings. The molecule has 1 amide bonds. The van der Waals surface area contributed by atoms with Crippen LogP contribution in [0.4, 0.5) is 0 Å². The number of aliphatic hydroxyl groups excluding tert-OH is 1. The van der Waals surface area contributed by atoms with Gasteiger partial charge in [0.15, 0.2) is 11.6 Å². The van der Waals surface area contributed by atoms with Crippen LogP contribution in [0, 0.1) is 6.92 Å². The number of ether oxygens (including phenoxy) is 2. The summed E-state index contributed by atoms with van der Waals surface area (Å²) in [5.41, 5.74) is 2.97. The summed E-state index contributed by atoms with van der Waals surface area (Å²) in [5.74, 6) is 0.715. The van der Waals surface area contributed by atoms with E-state index in [1.807, 2.05) is 85.8 Å². The predicted molar refractivity (Wildman–Crippen MR) is 166 cm³/mol. The summed E-state index contributed by atoms with van der Waals surface area (Å²) in [6.07, 6.45) is -0.000493. The van der Waals surface area contributed by atoms with E-state index < -0.39 is 11.6 Å². The van der Waals surface area contributed by atoms with Crippen LogP contribution in [0.15, 0.2) is 102 Å². The van der Waals surface area contributed by atoms with Crippen molar-refractivity contribution in [2.75, 3.05) is 13.2 Å². The lowest BCUT2D eigenvalue weighted by molar-refractivity contribution is -0.129. The fourth-order valence-corrected chi connectivity index (χ4v) is 5.55. The van der Waals surface area contributed by atoms with Gasteiger partial charge in [0.1, 0.15) is 5.75 Å². The van der Waals surface area contributed by atoms with E-state index >= 15 is 0 Å². The molecule has 6 nitrogen and oxygen atoms in total. The van der Waals surface area contributed by atoms with Crippen LogP contribution in [0.25, 0.3) is 0 Å². The van der Waals surface area contributed by atoms with Crippen LogP contribution in [0.5, 0.6) is 5.75 Å². The minimum atomic E-state index is -1.37. The van der Waals surface area contributed by atoms with E-state index in [0.29, 0.717) is 52.4 Å². The number of amides is 1. The van der Waals surface area contributed by atoms with Crippen LogP contribution < -0.4 is 10.1 Å². The zero-order valence-electron chi connectivity index (χ0n) is 23.2. The Kier molecular flexibility index (Phi) is 9.48. The summed E-state index contributed by atoms with van der Waals surface area (Å²) in [6.45, 7) is 2.83. The van der Waals surface area contributed by atoms with E-state index in [1.54, 1.807) is 18.2 Å². The number of aliphatic imine (C=N–C) groups is 1. The highest BCUT2D eigenvalue weighted by atomic mass is 35.5. The number of nitrogens with zero attached hydrogens (tertiary/aromatic N) is 1. The van der Waals surface area contributed by atoms with Crippen molar-refractivity contribution in [3.05, 3.63) is 135 Å². The third kappa shape index (κ3) is 6.79. The van der Waals surface area contributed by atoms with Gasteiger partial charge >= 0.3 is 0 Å². The van der Waals surface area contributed by atoms with E-state index in [1.165, 1.54) is 0 Å². The topological polar surface area (TPSA) is 80.2 Å². The molecule has 1 aliphatic rings. The largest absolute Gasteiger partial charge is 0.494 e. The van der Waals surface area contributed by atoms with Crippen LogP contribution >= 0.6 is 23.2 Å². The molecule has 216 valence electrons. The SMILES string of the molecule is Cc1cccc(CNC(=O)[C@]2(Cc3ccccc3)N=C(c3ccc(OCCCO)cc3)O[C@@H]2c2ccc(Cl)cc2Cl)c1. The van der Waals surface area contributed by atoms with Crippen LogP contribution in [0.1, 0.15) is 40.3 Å². The highest BCUT2D eigenvalue weighted by Crippen LogP contribution is 2.45. The minimum Gasteiger partial charge on any atom is -0.494 e. The first-order valence-corrected chi connectivity index (χ1v) is 14.6. The zero-order valence-corrected chi connectivity index (χ0v) is 24.7. The molecular formula is C34H32Cl2N2O4. The molecule has 0 saturated carbocycles. The van der Waals surface area contributed by atoms with Gasteiger partial charge in [-0.3, -0.25) is 4.79 Å². The quantitative estimate of drug-likeness (QED) is 0.183. The van der Waals surface area contributed by atoms with Gasteiger partial charge in [0.05, 0.1) is 6.61 Å². The van der Waals surface area contributed by atoms with Gasteiger partial charge in [-0.15, -0.1) is 0 Å². The molecule has 0 aliphatic carbocycles. The maximum absolute atomic E-state index is 14.4. The van der Waals surface area contributed by atoms with E-state index in [9.17, 15) is 4.79 Å². The van der Waals surface area contributed by atoms with Gasteiger partial charge in [0.25, 0.3) is 5.91 Å². The van der Waals surface area contributed by atoms with Crippen molar-refractivity contribution in [3.8, 4) is 5.75 Å². The second-order valence-electron chi connectivity index (χ2n) is 10.3. The zero-order chi connectivity index (χ0) is 29.5. The fourth-order valence-electron chi connectivity index (χ4n) is 5.04. The van der Waals surface area contributed by atoms with E-state index in [0.717, 1.165) is 16.7 Å². The van der Waals surface area contributed by atoms with Crippen LogP contribution in [-0.2, 0) is 22.5 Å². The number of aliphatic hydroxyl groups is 1. The molecule has 4 aromatic rings. The third-order valence-electron chi connectivity index (χ3n) is 7.13. The molecule has 0 unspecified atom stereocenters. The Hall–Kier alpha value is -3.84. The highest BCUT2D eigenvalue weighted by molar-refractivity contribution is 6.35. The smallest absolute Gasteiger partial charge is 0.252 e. The molecule has 4 aromatic carbocycles. The molecule has 1 aliphatic heterocycles. The molecule has 42 heavy (non-hydrogen) atoms.